The van der Waals surface area contributed by atoms with E-state index < -0.39 is 5.82 Å². The van der Waals surface area contributed by atoms with Crippen molar-refractivity contribution in [2.45, 2.75) is 38.1 Å². The second-order valence-corrected chi connectivity index (χ2v) is 5.64. The molecule has 0 aliphatic heterocycles. The second kappa shape index (κ2) is 6.25. The molecule has 7 nitrogen and oxygen atoms in total. The Morgan fingerprint density at radius 2 is 2.09 bits per heavy atom. The lowest BCUT2D eigenvalue weighted by Gasteiger charge is -2.12. The summed E-state index contributed by atoms with van der Waals surface area (Å²) in [5, 5.41) is 6.95. The van der Waals surface area contributed by atoms with Gasteiger partial charge in [-0.1, -0.05) is 18.0 Å². The van der Waals surface area contributed by atoms with E-state index in [0.29, 0.717) is 30.1 Å². The second-order valence-electron chi connectivity index (χ2n) is 5.64. The van der Waals surface area contributed by atoms with Crippen LogP contribution in [0.1, 0.15) is 43.3 Å². The minimum atomic E-state index is -0.460. The predicted octanol–water partition coefficient (Wildman–Crippen LogP) is 2.33. The van der Waals surface area contributed by atoms with Gasteiger partial charge in [0.05, 0.1) is 12.7 Å². The number of nitrogens with one attached hydrogen (secondary N) is 1. The maximum Gasteiger partial charge on any atom is 0.229 e. The first kappa shape index (κ1) is 14.7. The summed E-state index contributed by atoms with van der Waals surface area (Å²) in [6, 6.07) is 0. The molecule has 0 aromatic carbocycles. The molecule has 1 fully saturated rings. The van der Waals surface area contributed by atoms with E-state index in [2.05, 4.69) is 25.4 Å². The van der Waals surface area contributed by atoms with Gasteiger partial charge >= 0.3 is 0 Å². The highest BCUT2D eigenvalue weighted by Crippen LogP contribution is 2.32. The zero-order valence-electron chi connectivity index (χ0n) is 12.7. The molecule has 1 saturated carbocycles. The summed E-state index contributed by atoms with van der Waals surface area (Å²) >= 11 is 0. The summed E-state index contributed by atoms with van der Waals surface area (Å²) in [6.07, 6.45) is 5.81. The number of halogens is 1. The Morgan fingerprint density at radius 1 is 1.32 bits per heavy atom. The van der Waals surface area contributed by atoms with Crippen LogP contribution in [0.4, 0.5) is 16.2 Å². The van der Waals surface area contributed by atoms with Crippen molar-refractivity contribution in [1.82, 2.24) is 20.1 Å². The van der Waals surface area contributed by atoms with Crippen molar-refractivity contribution in [2.24, 2.45) is 0 Å². The largest absolute Gasteiger partial charge is 0.360 e. The Kier molecular flexibility index (Phi) is 4.17. The molecular weight excluding hydrogens is 287 g/mol. The van der Waals surface area contributed by atoms with Gasteiger partial charge in [0.1, 0.15) is 0 Å². The Labute approximate surface area is 128 Å². The van der Waals surface area contributed by atoms with Crippen LogP contribution in [-0.4, -0.2) is 34.2 Å². The van der Waals surface area contributed by atoms with Crippen molar-refractivity contribution in [2.75, 3.05) is 24.3 Å². The van der Waals surface area contributed by atoms with Crippen molar-refractivity contribution < 1.29 is 8.91 Å². The van der Waals surface area contributed by atoms with Crippen LogP contribution in [-0.2, 0) is 6.54 Å². The topological polar surface area (TPSA) is 80.0 Å². The molecule has 2 heterocycles. The molecule has 0 unspecified atom stereocenters. The highest BCUT2D eigenvalue weighted by molar-refractivity contribution is 5.42. The van der Waals surface area contributed by atoms with Crippen molar-refractivity contribution in [3.63, 3.8) is 0 Å². The first-order valence-corrected chi connectivity index (χ1v) is 7.39. The molecule has 8 heteroatoms. The van der Waals surface area contributed by atoms with E-state index in [4.69, 9.17) is 4.52 Å². The molecule has 0 spiro atoms. The minimum absolute atomic E-state index is 0.234. The predicted molar refractivity (Wildman–Crippen MR) is 79.2 cm³/mol. The summed E-state index contributed by atoms with van der Waals surface area (Å²) in [5.74, 6) is 1.77. The van der Waals surface area contributed by atoms with Crippen molar-refractivity contribution in [1.29, 1.82) is 0 Å². The van der Waals surface area contributed by atoms with Gasteiger partial charge in [-0.05, 0) is 12.8 Å². The third-order valence-electron chi connectivity index (χ3n) is 3.74. The van der Waals surface area contributed by atoms with Crippen molar-refractivity contribution >= 4 is 11.8 Å². The van der Waals surface area contributed by atoms with Crippen LogP contribution in [0.25, 0.3) is 0 Å². The molecule has 2 aromatic rings. The maximum atomic E-state index is 13.5. The zero-order chi connectivity index (χ0) is 15.5. The van der Waals surface area contributed by atoms with Gasteiger partial charge in [-0.2, -0.15) is 9.97 Å². The molecule has 0 amide bonds. The van der Waals surface area contributed by atoms with Crippen LogP contribution >= 0.6 is 0 Å². The monoisotopic (exact) mass is 306 g/mol. The molecule has 22 heavy (non-hydrogen) atoms. The summed E-state index contributed by atoms with van der Waals surface area (Å²) in [5.41, 5.74) is 0. The first-order valence-electron chi connectivity index (χ1n) is 7.39. The number of nitrogens with zero attached hydrogens (tertiary/aromatic N) is 5. The molecule has 1 aliphatic carbocycles. The van der Waals surface area contributed by atoms with Crippen LogP contribution in [0.3, 0.4) is 0 Å². The third kappa shape index (κ3) is 3.15. The van der Waals surface area contributed by atoms with E-state index in [-0.39, 0.29) is 5.82 Å². The average molecular weight is 306 g/mol. The molecule has 1 aliphatic rings. The standard InChI is InChI=1S/C14H19FN6O/c1-21(2)12-10(15)7-16-14(19-12)17-8-11-18-13(22-20-11)9-5-3-4-6-9/h7,9H,3-6,8H2,1-2H3,(H,16,17,19). The zero-order valence-corrected chi connectivity index (χ0v) is 12.7. The van der Waals surface area contributed by atoms with Gasteiger partial charge in [-0.25, -0.2) is 9.37 Å². The van der Waals surface area contributed by atoms with Crippen molar-refractivity contribution in [3.8, 4) is 0 Å². The number of anilines is 2. The van der Waals surface area contributed by atoms with E-state index in [1.54, 1.807) is 19.0 Å². The molecule has 1 N–H and O–H groups in total. The van der Waals surface area contributed by atoms with E-state index in [9.17, 15) is 4.39 Å². The van der Waals surface area contributed by atoms with Gasteiger partial charge in [0.15, 0.2) is 17.5 Å². The van der Waals surface area contributed by atoms with Crippen LogP contribution in [0.2, 0.25) is 0 Å². The van der Waals surface area contributed by atoms with Crippen LogP contribution in [0.5, 0.6) is 0 Å². The lowest BCUT2D eigenvalue weighted by Crippen LogP contribution is -2.15. The van der Waals surface area contributed by atoms with Crippen LogP contribution < -0.4 is 10.2 Å². The van der Waals surface area contributed by atoms with E-state index >= 15 is 0 Å². The Morgan fingerprint density at radius 3 is 2.82 bits per heavy atom. The SMILES string of the molecule is CN(C)c1nc(NCc2noc(C3CCCC3)n2)ncc1F. The number of hydrogen-bond acceptors (Lipinski definition) is 7. The van der Waals surface area contributed by atoms with E-state index in [0.717, 1.165) is 19.0 Å². The van der Waals surface area contributed by atoms with E-state index in [1.165, 1.54) is 12.8 Å². The van der Waals surface area contributed by atoms with Gasteiger partial charge < -0.3 is 14.7 Å². The quantitative estimate of drug-likeness (QED) is 0.908. The highest BCUT2D eigenvalue weighted by atomic mass is 19.1. The number of rotatable bonds is 5. The fourth-order valence-electron chi connectivity index (χ4n) is 2.59. The van der Waals surface area contributed by atoms with Gasteiger partial charge in [0, 0.05) is 20.0 Å². The smallest absolute Gasteiger partial charge is 0.229 e. The molecule has 118 valence electrons. The Hall–Kier alpha value is -2.25. The minimum Gasteiger partial charge on any atom is -0.360 e. The fourth-order valence-corrected chi connectivity index (χ4v) is 2.59. The summed E-state index contributed by atoms with van der Waals surface area (Å²) in [6.45, 7) is 0.342. The van der Waals surface area contributed by atoms with Crippen LogP contribution in [0.15, 0.2) is 10.7 Å². The Bertz CT molecular complexity index is 638. The summed E-state index contributed by atoms with van der Waals surface area (Å²) in [7, 11) is 3.45. The highest BCUT2D eigenvalue weighted by Gasteiger charge is 2.22. The van der Waals surface area contributed by atoms with Gasteiger partial charge in [0.2, 0.25) is 11.8 Å². The van der Waals surface area contributed by atoms with Gasteiger partial charge in [0.25, 0.3) is 0 Å². The summed E-state index contributed by atoms with van der Waals surface area (Å²) < 4.78 is 18.8. The van der Waals surface area contributed by atoms with Gasteiger partial charge in [-0.15, -0.1) is 0 Å². The molecule has 0 bridgehead atoms. The molecule has 0 atom stereocenters. The molecule has 2 aromatic heterocycles. The summed E-state index contributed by atoms with van der Waals surface area (Å²) in [4.78, 5) is 14.0. The Balaban J connectivity index is 1.64. The molecular formula is C14H19FN6O. The van der Waals surface area contributed by atoms with Crippen molar-refractivity contribution in [3.05, 3.63) is 23.7 Å². The maximum absolute atomic E-state index is 13.5. The third-order valence-corrected chi connectivity index (χ3v) is 3.74. The normalized spacial score (nSPS) is 15.2. The average Bonchev–Trinajstić information content (AvgIpc) is 3.17. The van der Waals surface area contributed by atoms with Gasteiger partial charge in [-0.3, -0.25) is 0 Å². The number of aromatic nitrogens is 4. The molecule has 3 rings (SSSR count). The first-order chi connectivity index (χ1) is 10.6. The van der Waals surface area contributed by atoms with Crippen LogP contribution in [0, 0.1) is 5.82 Å². The lowest BCUT2D eigenvalue weighted by atomic mass is 10.1. The fraction of sp³-hybridized carbons (Fsp3) is 0.571. The number of hydrogen-bond donors (Lipinski definition) is 1. The lowest BCUT2D eigenvalue weighted by molar-refractivity contribution is 0.350. The van der Waals surface area contributed by atoms with E-state index in [1.807, 2.05) is 0 Å². The molecule has 0 radical (unpaired) electrons. The molecule has 0 saturated heterocycles.